The zero-order valence-corrected chi connectivity index (χ0v) is 12.3. The number of likely N-dealkylation sites (tertiary alicyclic amines) is 1. The standard InChI is InChI=1S/C15H20FN3O2/c1-3-17-14-11(5-4-6-12(14)16)15(21)18-10-7-8-13(20)19(2)9-10/h4-6,10,17H,3,7-9H2,1-2H3,(H,18,21). The van der Waals surface area contributed by atoms with E-state index in [0.717, 1.165) is 0 Å². The molecule has 0 spiro atoms. The first kappa shape index (κ1) is 15.3. The summed E-state index contributed by atoms with van der Waals surface area (Å²) < 4.78 is 13.8. The van der Waals surface area contributed by atoms with Crippen LogP contribution in [-0.4, -0.2) is 42.9 Å². The smallest absolute Gasteiger partial charge is 0.253 e. The molecule has 0 saturated carbocycles. The molecule has 1 fully saturated rings. The second-order valence-electron chi connectivity index (χ2n) is 5.18. The molecule has 1 unspecified atom stereocenters. The molecule has 1 saturated heterocycles. The van der Waals surface area contributed by atoms with Gasteiger partial charge < -0.3 is 15.5 Å². The van der Waals surface area contributed by atoms with Gasteiger partial charge in [0.15, 0.2) is 0 Å². The summed E-state index contributed by atoms with van der Waals surface area (Å²) >= 11 is 0. The fourth-order valence-corrected chi connectivity index (χ4v) is 2.46. The van der Waals surface area contributed by atoms with Gasteiger partial charge in [0.2, 0.25) is 5.91 Å². The zero-order chi connectivity index (χ0) is 15.4. The van der Waals surface area contributed by atoms with Gasteiger partial charge in [-0.2, -0.15) is 0 Å². The molecule has 0 aromatic heterocycles. The predicted molar refractivity (Wildman–Crippen MR) is 78.7 cm³/mol. The van der Waals surface area contributed by atoms with Crippen LogP contribution in [0.3, 0.4) is 0 Å². The quantitative estimate of drug-likeness (QED) is 0.886. The lowest BCUT2D eigenvalue weighted by molar-refractivity contribution is -0.132. The minimum atomic E-state index is -0.444. The summed E-state index contributed by atoms with van der Waals surface area (Å²) in [5.41, 5.74) is 0.508. The Morgan fingerprint density at radius 3 is 2.90 bits per heavy atom. The first-order valence-corrected chi connectivity index (χ1v) is 7.10. The summed E-state index contributed by atoms with van der Waals surface area (Å²) in [7, 11) is 1.72. The molecular formula is C15H20FN3O2. The second kappa shape index (κ2) is 6.56. The monoisotopic (exact) mass is 293 g/mol. The largest absolute Gasteiger partial charge is 0.382 e. The topological polar surface area (TPSA) is 61.4 Å². The fraction of sp³-hybridized carbons (Fsp3) is 0.467. The molecule has 0 bridgehead atoms. The number of carbonyl (C=O) groups is 2. The Balaban J connectivity index is 2.10. The number of hydrogen-bond donors (Lipinski definition) is 2. The summed E-state index contributed by atoms with van der Waals surface area (Å²) in [5.74, 6) is -0.682. The Hall–Kier alpha value is -2.11. The highest BCUT2D eigenvalue weighted by molar-refractivity contribution is 6.00. The van der Waals surface area contributed by atoms with Gasteiger partial charge in [-0.15, -0.1) is 0 Å². The van der Waals surface area contributed by atoms with E-state index in [4.69, 9.17) is 0 Å². The number of halogens is 1. The molecule has 1 aliphatic heterocycles. The number of amides is 2. The minimum absolute atomic E-state index is 0.0830. The van der Waals surface area contributed by atoms with Gasteiger partial charge in [0.1, 0.15) is 5.82 Å². The minimum Gasteiger partial charge on any atom is -0.382 e. The van der Waals surface area contributed by atoms with Crippen molar-refractivity contribution in [3.05, 3.63) is 29.6 Å². The van der Waals surface area contributed by atoms with Gasteiger partial charge in [0, 0.05) is 32.6 Å². The molecule has 21 heavy (non-hydrogen) atoms. The number of nitrogens with one attached hydrogen (secondary N) is 2. The molecule has 1 aromatic carbocycles. The van der Waals surface area contributed by atoms with Crippen LogP contribution in [0, 0.1) is 5.82 Å². The number of nitrogens with zero attached hydrogens (tertiary/aromatic N) is 1. The molecule has 2 amide bonds. The number of anilines is 1. The molecule has 2 N–H and O–H groups in total. The lowest BCUT2D eigenvalue weighted by Gasteiger charge is -2.30. The molecule has 114 valence electrons. The van der Waals surface area contributed by atoms with Gasteiger partial charge in [-0.3, -0.25) is 9.59 Å². The summed E-state index contributed by atoms with van der Waals surface area (Å²) in [6, 6.07) is 4.33. The average molecular weight is 293 g/mol. The average Bonchev–Trinajstić information content (AvgIpc) is 2.45. The summed E-state index contributed by atoms with van der Waals surface area (Å²) in [6.45, 7) is 2.86. The van der Waals surface area contributed by atoms with E-state index < -0.39 is 5.82 Å². The number of piperidine rings is 1. The van der Waals surface area contributed by atoms with E-state index >= 15 is 0 Å². The normalized spacial score (nSPS) is 18.5. The maximum atomic E-state index is 13.8. The Labute approximate surface area is 123 Å². The highest BCUT2D eigenvalue weighted by Gasteiger charge is 2.25. The van der Waals surface area contributed by atoms with Crippen LogP contribution in [-0.2, 0) is 4.79 Å². The van der Waals surface area contributed by atoms with E-state index in [-0.39, 0.29) is 29.1 Å². The predicted octanol–water partition coefficient (Wildman–Crippen LogP) is 1.61. The molecule has 1 heterocycles. The lowest BCUT2D eigenvalue weighted by atomic mass is 10.0. The van der Waals surface area contributed by atoms with Crippen molar-refractivity contribution in [2.24, 2.45) is 0 Å². The molecule has 5 nitrogen and oxygen atoms in total. The van der Waals surface area contributed by atoms with Crippen LogP contribution in [0.5, 0.6) is 0 Å². The summed E-state index contributed by atoms with van der Waals surface area (Å²) in [6.07, 6.45) is 1.03. The maximum absolute atomic E-state index is 13.8. The van der Waals surface area contributed by atoms with Crippen molar-refractivity contribution in [2.45, 2.75) is 25.8 Å². The van der Waals surface area contributed by atoms with Crippen LogP contribution in [0.2, 0.25) is 0 Å². The highest BCUT2D eigenvalue weighted by Crippen LogP contribution is 2.20. The number of hydrogen-bond acceptors (Lipinski definition) is 3. The molecule has 2 rings (SSSR count). The number of rotatable bonds is 4. The fourth-order valence-electron chi connectivity index (χ4n) is 2.46. The van der Waals surface area contributed by atoms with E-state index in [1.165, 1.54) is 12.1 Å². The van der Waals surface area contributed by atoms with Crippen molar-refractivity contribution in [3.8, 4) is 0 Å². The molecular weight excluding hydrogens is 273 g/mol. The van der Waals surface area contributed by atoms with Crippen molar-refractivity contribution in [1.29, 1.82) is 0 Å². The van der Waals surface area contributed by atoms with E-state index in [1.54, 1.807) is 18.0 Å². The van der Waals surface area contributed by atoms with Gasteiger partial charge in [-0.25, -0.2) is 4.39 Å². The number of likely N-dealkylation sites (N-methyl/N-ethyl adjacent to an activating group) is 1. The third-order valence-corrected chi connectivity index (χ3v) is 3.57. The summed E-state index contributed by atoms with van der Waals surface area (Å²) in [4.78, 5) is 25.4. The van der Waals surface area contributed by atoms with Gasteiger partial charge in [0.05, 0.1) is 11.3 Å². The Morgan fingerprint density at radius 1 is 1.48 bits per heavy atom. The third-order valence-electron chi connectivity index (χ3n) is 3.57. The van der Waals surface area contributed by atoms with Gasteiger partial charge >= 0.3 is 0 Å². The Morgan fingerprint density at radius 2 is 2.24 bits per heavy atom. The van der Waals surface area contributed by atoms with E-state index in [2.05, 4.69) is 10.6 Å². The zero-order valence-electron chi connectivity index (χ0n) is 12.3. The Bertz CT molecular complexity index is 548. The third kappa shape index (κ3) is 3.51. The Kier molecular flexibility index (Phi) is 4.77. The van der Waals surface area contributed by atoms with Gasteiger partial charge in [-0.05, 0) is 25.5 Å². The number of benzene rings is 1. The van der Waals surface area contributed by atoms with Crippen LogP contribution in [0.15, 0.2) is 18.2 Å². The van der Waals surface area contributed by atoms with Gasteiger partial charge in [-0.1, -0.05) is 6.07 Å². The second-order valence-corrected chi connectivity index (χ2v) is 5.18. The molecule has 0 aliphatic carbocycles. The first-order valence-electron chi connectivity index (χ1n) is 7.10. The molecule has 1 aromatic rings. The van der Waals surface area contributed by atoms with E-state index in [0.29, 0.717) is 25.9 Å². The van der Waals surface area contributed by atoms with Crippen molar-refractivity contribution >= 4 is 17.5 Å². The van der Waals surface area contributed by atoms with E-state index in [1.807, 2.05) is 6.92 Å². The van der Waals surface area contributed by atoms with Crippen LogP contribution in [0.25, 0.3) is 0 Å². The van der Waals surface area contributed by atoms with E-state index in [9.17, 15) is 14.0 Å². The molecule has 0 radical (unpaired) electrons. The number of carbonyl (C=O) groups excluding carboxylic acids is 2. The van der Waals surface area contributed by atoms with Crippen molar-refractivity contribution in [1.82, 2.24) is 10.2 Å². The highest BCUT2D eigenvalue weighted by atomic mass is 19.1. The lowest BCUT2D eigenvalue weighted by Crippen LogP contribution is -2.48. The van der Waals surface area contributed by atoms with Crippen LogP contribution < -0.4 is 10.6 Å². The SMILES string of the molecule is CCNc1c(F)cccc1C(=O)NC1CCC(=O)N(C)C1. The summed E-state index contributed by atoms with van der Waals surface area (Å²) in [5, 5.41) is 5.75. The maximum Gasteiger partial charge on any atom is 0.253 e. The van der Waals surface area contributed by atoms with Crippen molar-refractivity contribution < 1.29 is 14.0 Å². The molecule has 1 atom stereocenters. The van der Waals surface area contributed by atoms with Crippen LogP contribution in [0.1, 0.15) is 30.1 Å². The van der Waals surface area contributed by atoms with Crippen molar-refractivity contribution in [2.75, 3.05) is 25.5 Å². The number of para-hydroxylation sites is 1. The van der Waals surface area contributed by atoms with Crippen LogP contribution >= 0.6 is 0 Å². The van der Waals surface area contributed by atoms with Crippen molar-refractivity contribution in [3.63, 3.8) is 0 Å². The first-order chi connectivity index (χ1) is 10.0. The molecule has 1 aliphatic rings. The molecule has 6 heteroatoms. The van der Waals surface area contributed by atoms with Crippen LogP contribution in [0.4, 0.5) is 10.1 Å². The van der Waals surface area contributed by atoms with Gasteiger partial charge in [0.25, 0.3) is 5.91 Å².